The third-order valence-corrected chi connectivity index (χ3v) is 2.73. The van der Waals surface area contributed by atoms with Crippen LogP contribution in [0.3, 0.4) is 0 Å². The lowest BCUT2D eigenvalue weighted by molar-refractivity contribution is 0.112. The van der Waals surface area contributed by atoms with Crippen molar-refractivity contribution in [1.82, 2.24) is 4.98 Å². The molecule has 0 aliphatic heterocycles. The maximum atomic E-state index is 13.9. The number of halogens is 1. The van der Waals surface area contributed by atoms with E-state index in [1.165, 1.54) is 13.2 Å². The minimum Gasteiger partial charge on any atom is -0.494 e. The Hall–Kier alpha value is -2.43. The normalized spacial score (nSPS) is 10.2. The number of hydrogen-bond donors (Lipinski definition) is 0. The summed E-state index contributed by atoms with van der Waals surface area (Å²) in [5, 5.41) is 0. The Balaban J connectivity index is 2.55. The molecule has 5 heteroatoms. The number of hydrogen-bond acceptors (Lipinski definition) is 4. The van der Waals surface area contributed by atoms with Gasteiger partial charge < -0.3 is 9.47 Å². The number of carbonyl (C=O) groups excluding carboxylic acids is 1. The van der Waals surface area contributed by atoms with Crippen molar-refractivity contribution >= 4 is 6.29 Å². The summed E-state index contributed by atoms with van der Waals surface area (Å²) in [7, 11) is 1.46. The third-order valence-electron chi connectivity index (χ3n) is 2.73. The zero-order valence-electron chi connectivity index (χ0n) is 11.2. The van der Waals surface area contributed by atoms with Gasteiger partial charge in [-0.05, 0) is 30.7 Å². The number of benzene rings is 1. The predicted molar refractivity (Wildman–Crippen MR) is 72.7 cm³/mol. The fraction of sp³-hybridized carbons (Fsp3) is 0.200. The van der Waals surface area contributed by atoms with Crippen molar-refractivity contribution in [2.75, 3.05) is 13.7 Å². The molecule has 104 valence electrons. The molecule has 20 heavy (non-hydrogen) atoms. The van der Waals surface area contributed by atoms with E-state index in [0.717, 1.165) is 6.20 Å². The van der Waals surface area contributed by atoms with Gasteiger partial charge in [0.15, 0.2) is 0 Å². The van der Waals surface area contributed by atoms with E-state index in [1.54, 1.807) is 18.2 Å². The number of aldehydes is 1. The second kappa shape index (κ2) is 6.14. The molecular weight excluding hydrogens is 261 g/mol. The Morgan fingerprint density at radius 3 is 2.75 bits per heavy atom. The number of aromatic nitrogens is 1. The summed E-state index contributed by atoms with van der Waals surface area (Å²) in [6.45, 7) is 2.30. The van der Waals surface area contributed by atoms with Gasteiger partial charge in [0.05, 0.1) is 19.9 Å². The molecule has 4 nitrogen and oxygen atoms in total. The zero-order valence-corrected chi connectivity index (χ0v) is 11.2. The molecule has 2 aromatic rings. The van der Waals surface area contributed by atoms with Crippen LogP contribution in [0.5, 0.6) is 11.6 Å². The van der Waals surface area contributed by atoms with Gasteiger partial charge in [-0.1, -0.05) is 0 Å². The average molecular weight is 275 g/mol. The van der Waals surface area contributed by atoms with E-state index in [-0.39, 0.29) is 0 Å². The monoisotopic (exact) mass is 275 g/mol. The van der Waals surface area contributed by atoms with Crippen LogP contribution in [0, 0.1) is 5.82 Å². The fourth-order valence-electron chi connectivity index (χ4n) is 1.85. The third kappa shape index (κ3) is 2.93. The van der Waals surface area contributed by atoms with Gasteiger partial charge in [0.2, 0.25) is 5.88 Å². The summed E-state index contributed by atoms with van der Waals surface area (Å²) < 4.78 is 24.3. The minimum absolute atomic E-state index is 0.302. The number of rotatable bonds is 5. The number of methoxy groups -OCH3 is 1. The molecule has 1 heterocycles. The molecule has 0 N–H and O–H groups in total. The molecule has 1 aromatic carbocycles. The fourth-order valence-corrected chi connectivity index (χ4v) is 1.85. The van der Waals surface area contributed by atoms with E-state index < -0.39 is 5.82 Å². The first-order valence-corrected chi connectivity index (χ1v) is 6.11. The topological polar surface area (TPSA) is 48.4 Å². The molecule has 0 fully saturated rings. The van der Waals surface area contributed by atoms with Crippen LogP contribution < -0.4 is 9.47 Å². The predicted octanol–water partition coefficient (Wildman–Crippen LogP) is 3.11. The van der Waals surface area contributed by atoms with Gasteiger partial charge in [0.25, 0.3) is 0 Å². The molecule has 0 saturated heterocycles. The molecule has 0 spiro atoms. The molecule has 0 unspecified atom stereocenters. The Labute approximate surface area is 116 Å². The van der Waals surface area contributed by atoms with Gasteiger partial charge in [0.1, 0.15) is 17.9 Å². The number of ether oxygens (including phenoxy) is 2. The smallest absolute Gasteiger partial charge is 0.213 e. The highest BCUT2D eigenvalue weighted by molar-refractivity contribution is 5.80. The van der Waals surface area contributed by atoms with Crippen LogP contribution in [0.25, 0.3) is 11.1 Å². The van der Waals surface area contributed by atoms with Gasteiger partial charge in [-0.25, -0.2) is 9.37 Å². The number of pyridine rings is 1. The molecular formula is C15H14FNO3. The van der Waals surface area contributed by atoms with Crippen LogP contribution >= 0.6 is 0 Å². The molecule has 0 aliphatic rings. The van der Waals surface area contributed by atoms with Crippen LogP contribution in [-0.2, 0) is 0 Å². The van der Waals surface area contributed by atoms with Gasteiger partial charge >= 0.3 is 0 Å². The average Bonchev–Trinajstić information content (AvgIpc) is 2.47. The number of carbonyl (C=O) groups is 1. The van der Waals surface area contributed by atoms with Crippen LogP contribution in [-0.4, -0.2) is 25.0 Å². The maximum absolute atomic E-state index is 13.9. The largest absolute Gasteiger partial charge is 0.494 e. The van der Waals surface area contributed by atoms with Crippen molar-refractivity contribution in [2.24, 2.45) is 0 Å². The van der Waals surface area contributed by atoms with Crippen molar-refractivity contribution in [3.63, 3.8) is 0 Å². The van der Waals surface area contributed by atoms with Crippen molar-refractivity contribution in [3.8, 4) is 22.8 Å². The van der Waals surface area contributed by atoms with Crippen molar-refractivity contribution in [1.29, 1.82) is 0 Å². The quantitative estimate of drug-likeness (QED) is 0.787. The SMILES string of the molecule is CCOc1cc(C=O)cc(-c2cc(OC)ncc2F)c1. The van der Waals surface area contributed by atoms with Gasteiger partial charge in [-0.15, -0.1) is 0 Å². The van der Waals surface area contributed by atoms with E-state index in [2.05, 4.69) is 4.98 Å². The lowest BCUT2D eigenvalue weighted by Crippen LogP contribution is -1.96. The van der Waals surface area contributed by atoms with Crippen molar-refractivity contribution in [3.05, 3.63) is 41.8 Å². The maximum Gasteiger partial charge on any atom is 0.213 e. The van der Waals surface area contributed by atoms with E-state index in [1.807, 2.05) is 6.92 Å². The summed E-state index contributed by atoms with van der Waals surface area (Å²) in [5.41, 5.74) is 1.26. The minimum atomic E-state index is -0.490. The van der Waals surface area contributed by atoms with E-state index >= 15 is 0 Å². The second-order valence-corrected chi connectivity index (χ2v) is 4.05. The van der Waals surface area contributed by atoms with Crippen LogP contribution in [0.15, 0.2) is 30.5 Å². The summed E-state index contributed by atoms with van der Waals surface area (Å²) in [6.07, 6.45) is 1.78. The molecule has 0 atom stereocenters. The van der Waals surface area contributed by atoms with Crippen molar-refractivity contribution < 1.29 is 18.7 Å². The Kier molecular flexibility index (Phi) is 4.30. The van der Waals surface area contributed by atoms with Crippen molar-refractivity contribution in [2.45, 2.75) is 6.92 Å². The number of nitrogens with zero attached hydrogens (tertiary/aromatic N) is 1. The van der Waals surface area contributed by atoms with Gasteiger partial charge in [0, 0.05) is 17.2 Å². The molecule has 0 saturated carbocycles. The highest BCUT2D eigenvalue weighted by atomic mass is 19.1. The summed E-state index contributed by atoms with van der Waals surface area (Å²) in [4.78, 5) is 14.8. The summed E-state index contributed by atoms with van der Waals surface area (Å²) in [6, 6.07) is 6.35. The highest BCUT2D eigenvalue weighted by Crippen LogP contribution is 2.29. The molecule has 0 radical (unpaired) electrons. The Morgan fingerprint density at radius 1 is 1.30 bits per heavy atom. The first kappa shape index (κ1) is 14.0. The molecule has 0 aliphatic carbocycles. The standard InChI is InChI=1S/C15H14FNO3/c1-3-20-12-5-10(9-18)4-11(6-12)13-7-15(19-2)17-8-14(13)16/h4-9H,3H2,1-2H3. The first-order valence-electron chi connectivity index (χ1n) is 6.11. The van der Waals surface area contributed by atoms with Crippen LogP contribution in [0.4, 0.5) is 4.39 Å². The zero-order chi connectivity index (χ0) is 14.5. The summed E-state index contributed by atoms with van der Waals surface area (Å²) in [5.74, 6) is 0.328. The first-order chi connectivity index (χ1) is 9.67. The van der Waals surface area contributed by atoms with E-state index in [4.69, 9.17) is 9.47 Å². The summed E-state index contributed by atoms with van der Waals surface area (Å²) >= 11 is 0. The Bertz CT molecular complexity index is 629. The molecule has 0 bridgehead atoms. The van der Waals surface area contributed by atoms with E-state index in [0.29, 0.717) is 41.2 Å². The lowest BCUT2D eigenvalue weighted by Gasteiger charge is -2.09. The lowest BCUT2D eigenvalue weighted by atomic mass is 10.0. The molecule has 0 amide bonds. The van der Waals surface area contributed by atoms with Gasteiger partial charge in [-0.2, -0.15) is 0 Å². The van der Waals surface area contributed by atoms with E-state index in [9.17, 15) is 9.18 Å². The highest BCUT2D eigenvalue weighted by Gasteiger charge is 2.10. The van der Waals surface area contributed by atoms with Crippen LogP contribution in [0.1, 0.15) is 17.3 Å². The second-order valence-electron chi connectivity index (χ2n) is 4.05. The Morgan fingerprint density at radius 2 is 2.10 bits per heavy atom. The van der Waals surface area contributed by atoms with Crippen LogP contribution in [0.2, 0.25) is 0 Å². The molecule has 2 rings (SSSR count). The molecule has 1 aromatic heterocycles. The van der Waals surface area contributed by atoms with Gasteiger partial charge in [-0.3, -0.25) is 4.79 Å².